The maximum Gasteiger partial charge on any atom is 0.198 e. The Balaban J connectivity index is 2.34. The van der Waals surface area contributed by atoms with Crippen molar-refractivity contribution >= 4 is 63.7 Å². The van der Waals surface area contributed by atoms with Crippen molar-refractivity contribution in [3.05, 3.63) is 76.6 Å². The normalized spacial score (nSPS) is 11.3. The summed E-state index contributed by atoms with van der Waals surface area (Å²) in [4.78, 5) is 0. The zero-order valence-corrected chi connectivity index (χ0v) is 20.0. The lowest BCUT2D eigenvalue weighted by Gasteiger charge is -2.16. The van der Waals surface area contributed by atoms with Crippen molar-refractivity contribution in [2.75, 3.05) is 0 Å². The van der Waals surface area contributed by atoms with E-state index in [1.165, 1.54) is 0 Å². The highest BCUT2D eigenvalue weighted by Gasteiger charge is 2.29. The minimum atomic E-state index is -2.06. The van der Waals surface area contributed by atoms with Gasteiger partial charge in [0.25, 0.3) is 0 Å². The Labute approximate surface area is 196 Å². The smallest absolute Gasteiger partial charge is 0.198 e. The quantitative estimate of drug-likeness (QED) is 0.143. The molecule has 0 atom stereocenters. The second-order valence-corrected chi connectivity index (χ2v) is 9.00. The van der Waals surface area contributed by atoms with Crippen molar-refractivity contribution in [3.63, 3.8) is 0 Å². The summed E-state index contributed by atoms with van der Waals surface area (Å²) in [6, 6.07) is 2.09. The molecule has 3 aromatic rings. The lowest BCUT2D eigenvalue weighted by Crippen LogP contribution is -2.03. The zero-order valence-electron chi connectivity index (χ0n) is 13.7. The zero-order chi connectivity index (χ0) is 22.7. The Morgan fingerprint density at radius 1 is 0.400 bits per heavy atom. The lowest BCUT2D eigenvalue weighted by molar-refractivity contribution is 0.408. The molecule has 0 nitrogen and oxygen atoms in total. The molecule has 0 N–H and O–H groups in total. The monoisotopic (exact) mass is 686 g/mol. The van der Waals surface area contributed by atoms with E-state index in [1.807, 2.05) is 0 Å². The van der Waals surface area contributed by atoms with E-state index in [0.29, 0.717) is 0 Å². The van der Waals surface area contributed by atoms with Crippen molar-refractivity contribution in [2.24, 2.45) is 0 Å². The van der Waals surface area contributed by atoms with Crippen LogP contribution >= 0.6 is 63.7 Å². The molecule has 0 saturated carbocycles. The van der Waals surface area contributed by atoms with Gasteiger partial charge in [-0.05, 0) is 44.0 Å². The molecular weight excluding hydrogens is 688 g/mol. The Kier molecular flexibility index (Phi) is 6.72. The summed E-state index contributed by atoms with van der Waals surface area (Å²) < 4.78 is 109. The largest absolute Gasteiger partial charge is 0.203 e. The van der Waals surface area contributed by atoms with E-state index in [2.05, 4.69) is 63.7 Å². The predicted molar refractivity (Wildman–Crippen MR) is 108 cm³/mol. The summed E-state index contributed by atoms with van der Waals surface area (Å²) >= 11 is 11.3. The number of halogens is 12. The first-order valence-corrected chi connectivity index (χ1v) is 10.6. The summed E-state index contributed by atoms with van der Waals surface area (Å²) in [6.45, 7) is 0. The fraction of sp³-hybridized carbons (Fsp3) is 0. The Morgan fingerprint density at radius 2 is 0.667 bits per heavy atom. The average molecular weight is 690 g/mol. The molecule has 0 fully saturated rings. The van der Waals surface area contributed by atoms with Crippen LogP contribution in [0.25, 0.3) is 22.3 Å². The van der Waals surface area contributed by atoms with Crippen LogP contribution in [0.5, 0.6) is 0 Å². The van der Waals surface area contributed by atoms with Crippen LogP contribution in [-0.4, -0.2) is 0 Å². The van der Waals surface area contributed by atoms with Crippen molar-refractivity contribution in [1.29, 1.82) is 0 Å². The highest BCUT2D eigenvalue weighted by atomic mass is 79.9. The Hall–Kier alpha value is -0.980. The summed E-state index contributed by atoms with van der Waals surface area (Å²) in [6.07, 6.45) is 0. The van der Waals surface area contributed by atoms with Crippen LogP contribution in [0.4, 0.5) is 35.1 Å². The van der Waals surface area contributed by atoms with Crippen LogP contribution in [0, 0.1) is 46.5 Å². The van der Waals surface area contributed by atoms with Gasteiger partial charge in [0.15, 0.2) is 46.5 Å². The number of rotatable bonds is 2. The van der Waals surface area contributed by atoms with Gasteiger partial charge in [0.05, 0.1) is 8.95 Å². The molecule has 3 aromatic carbocycles. The van der Waals surface area contributed by atoms with E-state index in [4.69, 9.17) is 0 Å². The van der Waals surface area contributed by atoms with Gasteiger partial charge in [-0.3, -0.25) is 0 Å². The molecule has 0 aromatic heterocycles. The maximum absolute atomic E-state index is 14.3. The number of hydrogen-bond acceptors (Lipinski definition) is 0. The molecule has 0 saturated heterocycles. The molecule has 0 spiro atoms. The van der Waals surface area contributed by atoms with E-state index in [-0.39, 0.29) is 20.1 Å². The second-order valence-electron chi connectivity index (χ2n) is 5.70. The van der Waals surface area contributed by atoms with E-state index in [0.717, 1.165) is 12.1 Å². The fourth-order valence-corrected chi connectivity index (χ4v) is 4.82. The van der Waals surface area contributed by atoms with Gasteiger partial charge >= 0.3 is 0 Å². The molecule has 0 aliphatic rings. The molecule has 30 heavy (non-hydrogen) atoms. The third-order valence-corrected chi connectivity index (χ3v) is 6.82. The molecule has 0 aliphatic carbocycles. The molecule has 3 rings (SSSR count). The summed E-state index contributed by atoms with van der Waals surface area (Å²) in [5.74, 6) is -15.0. The minimum absolute atomic E-state index is 0.109. The first-order valence-electron chi connectivity index (χ1n) is 7.42. The highest BCUT2D eigenvalue weighted by Crippen LogP contribution is 2.46. The van der Waals surface area contributed by atoms with Crippen LogP contribution < -0.4 is 0 Å². The second kappa shape index (κ2) is 8.51. The third kappa shape index (κ3) is 3.63. The first kappa shape index (κ1) is 23.7. The summed E-state index contributed by atoms with van der Waals surface area (Å²) in [5.41, 5.74) is -1.84. The summed E-state index contributed by atoms with van der Waals surface area (Å²) in [7, 11) is 0. The van der Waals surface area contributed by atoms with Crippen LogP contribution in [0.15, 0.2) is 30.0 Å². The van der Waals surface area contributed by atoms with Crippen molar-refractivity contribution in [3.8, 4) is 22.3 Å². The van der Waals surface area contributed by atoms with Crippen LogP contribution in [0.3, 0.4) is 0 Å². The van der Waals surface area contributed by atoms with Crippen LogP contribution in [0.1, 0.15) is 0 Å². The number of benzene rings is 3. The topological polar surface area (TPSA) is 0 Å². The van der Waals surface area contributed by atoms with Gasteiger partial charge in [-0.15, -0.1) is 0 Å². The first-order chi connectivity index (χ1) is 13.9. The molecule has 0 unspecified atom stereocenters. The van der Waals surface area contributed by atoms with E-state index < -0.39 is 66.6 Å². The van der Waals surface area contributed by atoms with Gasteiger partial charge in [0.2, 0.25) is 0 Å². The predicted octanol–water partition coefficient (Wildman–Crippen LogP) is 9.18. The highest BCUT2D eigenvalue weighted by molar-refractivity contribution is 9.11. The van der Waals surface area contributed by atoms with Gasteiger partial charge in [-0.1, -0.05) is 31.9 Å². The molecule has 12 heteroatoms. The van der Waals surface area contributed by atoms with Gasteiger partial charge in [0.1, 0.15) is 0 Å². The standard InChI is InChI=1S/C18H2Br4F8/c19-5-1-3(7-9(21)13(25)17(29)15(27)11(7)23)6(20)2-4(5)8-10(22)14(26)18(30)16(28)12(8)24/h1-2H. The fourth-order valence-electron chi connectivity index (χ4n) is 2.61. The Morgan fingerprint density at radius 3 is 0.967 bits per heavy atom. The molecule has 0 heterocycles. The Bertz CT molecular complexity index is 1070. The van der Waals surface area contributed by atoms with E-state index in [9.17, 15) is 35.1 Å². The van der Waals surface area contributed by atoms with Crippen molar-refractivity contribution in [1.82, 2.24) is 0 Å². The molecule has 0 radical (unpaired) electrons. The van der Waals surface area contributed by atoms with E-state index in [1.54, 1.807) is 0 Å². The molecule has 158 valence electrons. The molecular formula is C18H2Br4F8. The minimum Gasteiger partial charge on any atom is -0.203 e. The number of hydrogen-bond donors (Lipinski definition) is 0. The molecule has 0 bridgehead atoms. The summed E-state index contributed by atoms with van der Waals surface area (Å²) in [5, 5.41) is 0. The van der Waals surface area contributed by atoms with Gasteiger partial charge in [0, 0.05) is 31.2 Å². The van der Waals surface area contributed by atoms with Crippen LogP contribution in [-0.2, 0) is 0 Å². The van der Waals surface area contributed by atoms with Crippen molar-refractivity contribution < 1.29 is 35.1 Å². The molecule has 0 aliphatic heterocycles. The van der Waals surface area contributed by atoms with Gasteiger partial charge in [-0.25, -0.2) is 35.1 Å². The maximum atomic E-state index is 14.3. The van der Waals surface area contributed by atoms with Gasteiger partial charge in [-0.2, -0.15) is 0 Å². The lowest BCUT2D eigenvalue weighted by atomic mass is 9.98. The van der Waals surface area contributed by atoms with E-state index >= 15 is 0 Å². The SMILES string of the molecule is Fc1c(F)c(F)c(-c2cc(Br)c(-c3c(F)c(F)c(F)c(F)c3Br)cc2Br)c(Br)c1F. The van der Waals surface area contributed by atoms with Crippen molar-refractivity contribution in [2.45, 2.75) is 0 Å². The average Bonchev–Trinajstić information content (AvgIpc) is 2.71. The van der Waals surface area contributed by atoms with Crippen LogP contribution in [0.2, 0.25) is 0 Å². The van der Waals surface area contributed by atoms with Gasteiger partial charge < -0.3 is 0 Å². The third-order valence-electron chi connectivity index (χ3n) is 4.02. The molecule has 0 amide bonds.